The van der Waals surface area contributed by atoms with Crippen molar-refractivity contribution >= 4 is 39.0 Å². The van der Waals surface area contributed by atoms with E-state index in [2.05, 4.69) is 9.88 Å². The van der Waals surface area contributed by atoms with Gasteiger partial charge in [-0.1, -0.05) is 35.6 Å². The first-order valence-electron chi connectivity index (χ1n) is 12.1. The molecule has 1 unspecified atom stereocenters. The molecule has 1 fully saturated rings. The summed E-state index contributed by atoms with van der Waals surface area (Å²) in [4.78, 5) is 36.7. The lowest BCUT2D eigenvalue weighted by Gasteiger charge is -2.31. The number of aromatic nitrogens is 2. The van der Waals surface area contributed by atoms with Gasteiger partial charge >= 0.3 is 0 Å². The van der Waals surface area contributed by atoms with Crippen molar-refractivity contribution < 1.29 is 23.8 Å². The van der Waals surface area contributed by atoms with Crippen molar-refractivity contribution in [3.8, 4) is 0 Å². The summed E-state index contributed by atoms with van der Waals surface area (Å²) < 4.78 is 21.1. The van der Waals surface area contributed by atoms with Crippen LogP contribution < -0.4 is 0 Å². The van der Waals surface area contributed by atoms with Crippen molar-refractivity contribution in [3.05, 3.63) is 81.8 Å². The van der Waals surface area contributed by atoms with Crippen molar-refractivity contribution in [3.63, 3.8) is 0 Å². The van der Waals surface area contributed by atoms with Crippen molar-refractivity contribution in [1.82, 2.24) is 19.2 Å². The van der Waals surface area contributed by atoms with Crippen LogP contribution >= 0.6 is 11.3 Å². The number of halogens is 1. The predicted octanol–water partition coefficient (Wildman–Crippen LogP) is 3.91. The zero-order valence-electron chi connectivity index (χ0n) is 20.2. The highest BCUT2D eigenvalue weighted by Crippen LogP contribution is 2.41. The van der Waals surface area contributed by atoms with E-state index in [4.69, 9.17) is 4.74 Å². The SMILES string of the molecule is Cc1c(C(=O)C2=C(O)C(=O)N(CCN3CCOCC3)C2c2ccc(F)cc2)sc2nc3ccccc3n12. The Morgan fingerprint density at radius 3 is 2.62 bits per heavy atom. The number of carbonyl (C=O) groups is 2. The molecule has 0 saturated carbocycles. The van der Waals surface area contributed by atoms with Crippen LogP contribution in [0.2, 0.25) is 0 Å². The zero-order chi connectivity index (χ0) is 25.7. The summed E-state index contributed by atoms with van der Waals surface area (Å²) in [5, 5.41) is 11.0. The summed E-state index contributed by atoms with van der Waals surface area (Å²) >= 11 is 1.23. The summed E-state index contributed by atoms with van der Waals surface area (Å²) in [5.74, 6) is -2.01. The third kappa shape index (κ3) is 4.01. The Bertz CT molecular complexity index is 1550. The number of ketones is 1. The molecule has 0 spiro atoms. The molecule has 1 N–H and O–H groups in total. The van der Waals surface area contributed by atoms with Crippen LogP contribution in [0.15, 0.2) is 59.9 Å². The zero-order valence-corrected chi connectivity index (χ0v) is 21.0. The Balaban J connectivity index is 1.40. The number of thiazole rings is 1. The molecule has 1 atom stereocenters. The van der Waals surface area contributed by atoms with E-state index in [1.54, 1.807) is 12.1 Å². The lowest BCUT2D eigenvalue weighted by molar-refractivity contribution is -0.129. The summed E-state index contributed by atoms with van der Waals surface area (Å²) in [6.45, 7) is 5.45. The van der Waals surface area contributed by atoms with Crippen LogP contribution in [-0.2, 0) is 9.53 Å². The molecule has 8 nitrogen and oxygen atoms in total. The van der Waals surface area contributed by atoms with Gasteiger partial charge in [-0.05, 0) is 36.8 Å². The van der Waals surface area contributed by atoms with Crippen LogP contribution in [0.25, 0.3) is 16.0 Å². The number of ether oxygens (including phenoxy) is 1. The number of nitrogens with zero attached hydrogens (tertiary/aromatic N) is 4. The number of carbonyl (C=O) groups excluding carboxylic acids is 2. The van der Waals surface area contributed by atoms with E-state index in [9.17, 15) is 19.1 Å². The number of amides is 1. The van der Waals surface area contributed by atoms with E-state index in [0.29, 0.717) is 47.4 Å². The van der Waals surface area contributed by atoms with Crippen LogP contribution in [0.4, 0.5) is 4.39 Å². The Morgan fingerprint density at radius 1 is 1.14 bits per heavy atom. The van der Waals surface area contributed by atoms with E-state index >= 15 is 0 Å². The topological polar surface area (TPSA) is 87.4 Å². The van der Waals surface area contributed by atoms with Gasteiger partial charge in [0.2, 0.25) is 5.78 Å². The van der Waals surface area contributed by atoms with Crippen LogP contribution in [-0.4, -0.2) is 75.4 Å². The number of aryl methyl sites for hydroxylation is 1. The van der Waals surface area contributed by atoms with Gasteiger partial charge in [-0.15, -0.1) is 0 Å². The number of Topliss-reactive ketones (excluding diaryl/α,β-unsaturated/α-hetero) is 1. The summed E-state index contributed by atoms with van der Waals surface area (Å²) in [6, 6.07) is 12.6. The second-order valence-corrected chi connectivity index (χ2v) is 10.2. The minimum absolute atomic E-state index is 0.00972. The first-order chi connectivity index (χ1) is 17.9. The third-order valence-corrected chi connectivity index (χ3v) is 8.23. The van der Waals surface area contributed by atoms with Gasteiger partial charge in [-0.2, -0.15) is 0 Å². The number of rotatable bonds is 6. The molecule has 0 bridgehead atoms. The number of hydrogen-bond donors (Lipinski definition) is 1. The molecule has 2 aliphatic rings. The molecule has 2 aromatic carbocycles. The maximum atomic E-state index is 14.0. The van der Waals surface area contributed by atoms with Gasteiger partial charge in [0.05, 0.1) is 40.7 Å². The Hall–Kier alpha value is -3.60. The predicted molar refractivity (Wildman–Crippen MR) is 137 cm³/mol. The van der Waals surface area contributed by atoms with E-state index < -0.39 is 29.3 Å². The number of fused-ring (bicyclic) bond motifs is 3. The van der Waals surface area contributed by atoms with Gasteiger partial charge in [0.1, 0.15) is 5.82 Å². The Morgan fingerprint density at radius 2 is 1.86 bits per heavy atom. The van der Waals surface area contributed by atoms with Crippen molar-refractivity contribution in [1.29, 1.82) is 0 Å². The molecule has 37 heavy (non-hydrogen) atoms. The number of hydrogen-bond acceptors (Lipinski definition) is 7. The molecule has 0 aliphatic carbocycles. The van der Waals surface area contributed by atoms with Crippen LogP contribution in [0.5, 0.6) is 0 Å². The molecule has 10 heteroatoms. The number of morpholine rings is 1. The largest absolute Gasteiger partial charge is 0.503 e. The second kappa shape index (κ2) is 9.37. The monoisotopic (exact) mass is 520 g/mol. The Labute approximate surface area is 216 Å². The molecule has 4 aromatic rings. The highest BCUT2D eigenvalue weighted by molar-refractivity contribution is 7.19. The van der Waals surface area contributed by atoms with Gasteiger partial charge in [0.15, 0.2) is 10.7 Å². The minimum atomic E-state index is -0.827. The summed E-state index contributed by atoms with van der Waals surface area (Å²) in [6.07, 6.45) is 0. The quantitative estimate of drug-likeness (QED) is 0.388. The molecule has 6 rings (SSSR count). The van der Waals surface area contributed by atoms with E-state index in [0.717, 1.165) is 24.1 Å². The molecule has 2 aromatic heterocycles. The van der Waals surface area contributed by atoms with Gasteiger partial charge < -0.3 is 14.7 Å². The van der Waals surface area contributed by atoms with E-state index in [-0.39, 0.29) is 5.57 Å². The lowest BCUT2D eigenvalue weighted by Crippen LogP contribution is -2.43. The fraction of sp³-hybridized carbons (Fsp3) is 0.296. The van der Waals surface area contributed by atoms with Gasteiger partial charge in [0.25, 0.3) is 5.91 Å². The van der Waals surface area contributed by atoms with Crippen molar-refractivity contribution in [2.75, 3.05) is 39.4 Å². The number of aliphatic hydroxyl groups excluding tert-OH is 1. The highest BCUT2D eigenvalue weighted by atomic mass is 32.1. The Kier molecular flexibility index (Phi) is 6.02. The number of aliphatic hydroxyl groups is 1. The van der Waals surface area contributed by atoms with Crippen LogP contribution in [0.3, 0.4) is 0 Å². The maximum Gasteiger partial charge on any atom is 0.290 e. The fourth-order valence-electron chi connectivity index (χ4n) is 5.18. The minimum Gasteiger partial charge on any atom is -0.503 e. The summed E-state index contributed by atoms with van der Waals surface area (Å²) in [5.41, 5.74) is 2.97. The molecule has 1 amide bonds. The standard InChI is InChI=1S/C27H25FN4O4S/c1-16-25(37-27-29-19-4-2-3-5-20(19)32(16)27)23(33)21-22(17-6-8-18(28)9-7-17)31(26(35)24(21)34)11-10-30-12-14-36-15-13-30/h2-9,22,34H,10-15H2,1H3. The first kappa shape index (κ1) is 23.8. The molecule has 190 valence electrons. The summed E-state index contributed by atoms with van der Waals surface area (Å²) in [7, 11) is 0. The number of para-hydroxylation sites is 2. The van der Waals surface area contributed by atoms with Gasteiger partial charge in [0, 0.05) is 31.9 Å². The molecule has 1 saturated heterocycles. The van der Waals surface area contributed by atoms with Crippen LogP contribution in [0, 0.1) is 12.7 Å². The molecular weight excluding hydrogens is 495 g/mol. The molecular formula is C27H25FN4O4S. The van der Waals surface area contributed by atoms with Gasteiger partial charge in [-0.25, -0.2) is 9.37 Å². The van der Waals surface area contributed by atoms with Gasteiger partial charge in [-0.3, -0.25) is 18.9 Å². The number of benzene rings is 2. The van der Waals surface area contributed by atoms with E-state index in [1.807, 2.05) is 35.6 Å². The average Bonchev–Trinajstić information content (AvgIpc) is 3.52. The lowest BCUT2D eigenvalue weighted by atomic mass is 9.95. The smallest absolute Gasteiger partial charge is 0.290 e. The third-order valence-electron chi connectivity index (χ3n) is 7.09. The van der Waals surface area contributed by atoms with Crippen LogP contribution in [0.1, 0.15) is 27.0 Å². The normalized spacial score (nSPS) is 19.0. The van der Waals surface area contributed by atoms with Crippen molar-refractivity contribution in [2.24, 2.45) is 0 Å². The van der Waals surface area contributed by atoms with E-state index in [1.165, 1.54) is 28.4 Å². The number of imidazole rings is 1. The maximum absolute atomic E-state index is 14.0. The van der Waals surface area contributed by atoms with Crippen molar-refractivity contribution in [2.45, 2.75) is 13.0 Å². The molecule has 4 heterocycles. The first-order valence-corrected chi connectivity index (χ1v) is 13.0. The highest BCUT2D eigenvalue weighted by Gasteiger charge is 2.44. The second-order valence-electron chi connectivity index (χ2n) is 9.23. The average molecular weight is 521 g/mol. The molecule has 2 aliphatic heterocycles. The molecule has 0 radical (unpaired) electrons. The fourth-order valence-corrected chi connectivity index (χ4v) is 6.27.